The van der Waals surface area contributed by atoms with Crippen LogP contribution in [0.25, 0.3) is 11.1 Å². The number of methoxy groups -OCH3 is 1. The molecule has 4 rings (SSSR count). The van der Waals surface area contributed by atoms with Crippen molar-refractivity contribution in [2.24, 2.45) is 5.41 Å². The number of rotatable bonds is 7. The van der Waals surface area contributed by atoms with Gasteiger partial charge < -0.3 is 14.8 Å². The van der Waals surface area contributed by atoms with Crippen LogP contribution in [0.1, 0.15) is 31.2 Å². The van der Waals surface area contributed by atoms with Crippen molar-refractivity contribution in [3.63, 3.8) is 0 Å². The van der Waals surface area contributed by atoms with Crippen LogP contribution in [0.4, 0.5) is 26.3 Å². The zero-order chi connectivity index (χ0) is 27.1. The van der Waals surface area contributed by atoms with Gasteiger partial charge in [0, 0.05) is 11.8 Å². The second-order valence-electron chi connectivity index (χ2n) is 9.03. The Kier molecular flexibility index (Phi) is 6.65. The van der Waals surface area contributed by atoms with E-state index in [1.54, 1.807) is 18.2 Å². The van der Waals surface area contributed by atoms with Gasteiger partial charge in [-0.25, -0.2) is 0 Å². The number of alkyl halides is 6. The summed E-state index contributed by atoms with van der Waals surface area (Å²) in [5, 5.41) is 11.4. The van der Waals surface area contributed by atoms with E-state index in [1.807, 2.05) is 0 Å². The van der Waals surface area contributed by atoms with Crippen LogP contribution in [0.3, 0.4) is 0 Å². The highest BCUT2D eigenvalue weighted by Gasteiger charge is 2.74. The number of nitrogens with one attached hydrogen (secondary N) is 1. The number of carbonyl (C=O) groups is 1. The molecule has 1 amide bonds. The molecule has 1 N–H and O–H groups in total. The number of hydrogen-bond donors (Lipinski definition) is 1. The van der Waals surface area contributed by atoms with E-state index < -0.39 is 35.6 Å². The van der Waals surface area contributed by atoms with Crippen LogP contribution in [-0.4, -0.2) is 32.0 Å². The minimum atomic E-state index is -4.95. The average Bonchev–Trinajstić information content (AvgIpc) is 3.62. The Hall–Kier alpha value is -3.68. The first-order chi connectivity index (χ1) is 17.4. The molecule has 5 nitrogen and oxygen atoms in total. The van der Waals surface area contributed by atoms with Crippen molar-refractivity contribution in [3.05, 3.63) is 59.7 Å². The summed E-state index contributed by atoms with van der Waals surface area (Å²) in [4.78, 5) is 12.6. The lowest BCUT2D eigenvalue weighted by atomic mass is 9.69. The van der Waals surface area contributed by atoms with Gasteiger partial charge in [0.05, 0.1) is 13.7 Å². The maximum Gasteiger partial charge on any atom is 0.416 e. The molecular weight excluding hydrogens is 502 g/mol. The van der Waals surface area contributed by atoms with E-state index in [9.17, 15) is 23.2 Å². The fourth-order valence-electron chi connectivity index (χ4n) is 4.80. The Bertz CT molecular complexity index is 1260. The summed E-state index contributed by atoms with van der Waals surface area (Å²) in [7, 11) is 1.43. The molecule has 1 saturated carbocycles. The molecule has 1 aliphatic carbocycles. The van der Waals surface area contributed by atoms with Gasteiger partial charge in [0.15, 0.2) is 5.54 Å². The van der Waals surface area contributed by atoms with Crippen molar-refractivity contribution in [1.82, 2.24) is 5.32 Å². The third kappa shape index (κ3) is 4.84. The van der Waals surface area contributed by atoms with Crippen LogP contribution in [0, 0.1) is 16.7 Å². The first kappa shape index (κ1) is 26.4. The fraction of sp³-hybridized carbons (Fsp3) is 0.385. The monoisotopic (exact) mass is 524 g/mol. The van der Waals surface area contributed by atoms with Gasteiger partial charge in [-0.15, -0.1) is 0 Å². The summed E-state index contributed by atoms with van der Waals surface area (Å²) < 4.78 is 93.0. The number of benzene rings is 2. The van der Waals surface area contributed by atoms with Crippen molar-refractivity contribution >= 4 is 5.91 Å². The normalized spacial score (nSPS) is 20.6. The minimum Gasteiger partial charge on any atom is -0.497 e. The van der Waals surface area contributed by atoms with E-state index in [0.29, 0.717) is 11.3 Å². The third-order valence-corrected chi connectivity index (χ3v) is 6.72. The highest BCUT2D eigenvalue weighted by molar-refractivity contribution is 6.00. The predicted molar refractivity (Wildman–Crippen MR) is 120 cm³/mol. The molecule has 1 heterocycles. The van der Waals surface area contributed by atoms with Crippen molar-refractivity contribution < 1.29 is 40.6 Å². The van der Waals surface area contributed by atoms with Gasteiger partial charge in [-0.1, -0.05) is 24.3 Å². The van der Waals surface area contributed by atoms with Gasteiger partial charge in [-0.3, -0.25) is 4.79 Å². The van der Waals surface area contributed by atoms with Crippen LogP contribution in [0.2, 0.25) is 0 Å². The number of ether oxygens (including phenoxy) is 2. The number of halogens is 6. The second kappa shape index (κ2) is 9.32. The van der Waals surface area contributed by atoms with Gasteiger partial charge >= 0.3 is 12.4 Å². The molecule has 1 aliphatic heterocycles. The molecule has 2 aliphatic rings. The van der Waals surface area contributed by atoms with Gasteiger partial charge in [-0.05, 0) is 60.2 Å². The molecular formula is C26H22F6N2O3. The molecule has 1 atom stereocenters. The standard InChI is InChI=1S/C26H22F6N2O3/c1-36-18-5-3-16(4-6-18)20-13-19(37-12-2-9-24(27,28)29)7-8-21(20)25(26(30,31)32)23(10-11-23)14-17(15-33)22(35)34-25/h3-8,13-14H,2,9-12H2,1H3,(H,34,35). The minimum absolute atomic E-state index is 0.0775. The van der Waals surface area contributed by atoms with E-state index in [-0.39, 0.29) is 48.3 Å². The van der Waals surface area contributed by atoms with Gasteiger partial charge in [0.1, 0.15) is 23.1 Å². The smallest absolute Gasteiger partial charge is 0.416 e. The summed E-state index contributed by atoms with van der Waals surface area (Å²) >= 11 is 0. The summed E-state index contributed by atoms with van der Waals surface area (Å²) in [6, 6.07) is 11.6. The molecule has 0 aromatic heterocycles. The molecule has 1 fully saturated rings. The first-order valence-corrected chi connectivity index (χ1v) is 11.4. The maximum atomic E-state index is 15.0. The summed E-state index contributed by atoms with van der Waals surface area (Å²) in [5.41, 5.74) is -4.60. The quantitative estimate of drug-likeness (QED) is 0.346. The lowest BCUT2D eigenvalue weighted by molar-refractivity contribution is -0.219. The SMILES string of the molecule is COc1ccc(-c2cc(OCCCC(F)(F)F)ccc2C2(C(F)(F)F)NC(=O)C(C#N)=CC23CC3)cc1. The number of nitrogens with zero attached hydrogens (tertiary/aromatic N) is 1. The Balaban J connectivity index is 1.85. The van der Waals surface area contributed by atoms with E-state index in [2.05, 4.69) is 5.32 Å². The zero-order valence-electron chi connectivity index (χ0n) is 19.6. The van der Waals surface area contributed by atoms with E-state index in [1.165, 1.54) is 37.4 Å². The number of hydrogen-bond acceptors (Lipinski definition) is 4. The maximum absolute atomic E-state index is 15.0. The molecule has 37 heavy (non-hydrogen) atoms. The highest BCUT2D eigenvalue weighted by Crippen LogP contribution is 2.67. The Morgan fingerprint density at radius 3 is 2.22 bits per heavy atom. The van der Waals surface area contributed by atoms with Gasteiger partial charge in [0.2, 0.25) is 0 Å². The molecule has 0 saturated heterocycles. The molecule has 11 heteroatoms. The Morgan fingerprint density at radius 2 is 1.68 bits per heavy atom. The molecule has 2 aromatic carbocycles. The fourth-order valence-corrected chi connectivity index (χ4v) is 4.80. The number of amides is 1. The van der Waals surface area contributed by atoms with E-state index in [4.69, 9.17) is 9.47 Å². The van der Waals surface area contributed by atoms with Crippen molar-refractivity contribution in [1.29, 1.82) is 5.26 Å². The van der Waals surface area contributed by atoms with Crippen molar-refractivity contribution in [2.75, 3.05) is 13.7 Å². The highest BCUT2D eigenvalue weighted by atomic mass is 19.4. The largest absolute Gasteiger partial charge is 0.497 e. The van der Waals surface area contributed by atoms with Crippen LogP contribution in [-0.2, 0) is 10.3 Å². The average molecular weight is 524 g/mol. The summed E-state index contributed by atoms with van der Waals surface area (Å²) in [5.74, 6) is -0.596. The second-order valence-corrected chi connectivity index (χ2v) is 9.03. The lowest BCUT2D eigenvalue weighted by Gasteiger charge is -2.45. The zero-order valence-corrected chi connectivity index (χ0v) is 19.6. The summed E-state index contributed by atoms with van der Waals surface area (Å²) in [6.45, 7) is -0.291. The third-order valence-electron chi connectivity index (χ3n) is 6.72. The molecule has 0 radical (unpaired) electrons. The van der Waals surface area contributed by atoms with E-state index >= 15 is 13.2 Å². The van der Waals surface area contributed by atoms with Crippen molar-refractivity contribution in [3.8, 4) is 28.7 Å². The predicted octanol–water partition coefficient (Wildman–Crippen LogP) is 6.20. The molecule has 1 spiro atoms. The van der Waals surface area contributed by atoms with Gasteiger partial charge in [-0.2, -0.15) is 31.6 Å². The molecule has 1 unspecified atom stereocenters. The van der Waals surface area contributed by atoms with Crippen molar-refractivity contribution in [2.45, 2.75) is 43.6 Å². The molecule has 2 aromatic rings. The number of nitriles is 1. The van der Waals surface area contributed by atoms with E-state index in [0.717, 1.165) is 6.08 Å². The van der Waals surface area contributed by atoms with Crippen LogP contribution in [0.5, 0.6) is 11.5 Å². The van der Waals surface area contributed by atoms with Crippen LogP contribution < -0.4 is 14.8 Å². The lowest BCUT2D eigenvalue weighted by Crippen LogP contribution is -2.63. The Morgan fingerprint density at radius 1 is 1.03 bits per heavy atom. The van der Waals surface area contributed by atoms with Crippen LogP contribution in [0.15, 0.2) is 54.1 Å². The molecule has 0 bridgehead atoms. The van der Waals surface area contributed by atoms with Crippen LogP contribution >= 0.6 is 0 Å². The Labute approximate surface area is 208 Å². The number of carbonyl (C=O) groups excluding carboxylic acids is 1. The topological polar surface area (TPSA) is 71.3 Å². The summed E-state index contributed by atoms with van der Waals surface area (Å²) in [6.07, 6.45) is -9.39. The molecule has 196 valence electrons. The van der Waals surface area contributed by atoms with Gasteiger partial charge in [0.25, 0.3) is 5.91 Å². The first-order valence-electron chi connectivity index (χ1n) is 11.4.